The van der Waals surface area contributed by atoms with E-state index < -0.39 is 5.97 Å². The summed E-state index contributed by atoms with van der Waals surface area (Å²) in [6, 6.07) is 10.8. The standard InChI is InChI=1S/C22H25N3O4/c23-20(14-6-4-7-14)19-18(29-13-16-10-5-11-28-16)12-17(22(26)27)25-21(19)24-15-8-2-1-3-9-15/h1-3,8-9,12,14,16,23H,4-7,10-11,13H2,(H,24,25)(H,26,27). The number of pyridine rings is 1. The molecule has 4 rings (SSSR count). The molecule has 0 bridgehead atoms. The van der Waals surface area contributed by atoms with Crippen molar-refractivity contribution in [3.63, 3.8) is 0 Å². The van der Waals surface area contributed by atoms with Crippen molar-refractivity contribution in [2.24, 2.45) is 5.92 Å². The van der Waals surface area contributed by atoms with Crippen LogP contribution in [0.4, 0.5) is 11.5 Å². The molecule has 1 saturated carbocycles. The molecule has 2 aromatic rings. The molecule has 0 spiro atoms. The average Bonchev–Trinajstić information content (AvgIpc) is 3.19. The number of carbonyl (C=O) groups is 1. The topological polar surface area (TPSA) is 105 Å². The molecule has 0 amide bonds. The second kappa shape index (κ2) is 8.61. The zero-order chi connectivity index (χ0) is 20.2. The van der Waals surface area contributed by atoms with E-state index in [0.29, 0.717) is 29.4 Å². The Kier molecular flexibility index (Phi) is 5.76. The highest BCUT2D eigenvalue weighted by molar-refractivity contribution is 6.07. The summed E-state index contributed by atoms with van der Waals surface area (Å²) in [7, 11) is 0. The van der Waals surface area contributed by atoms with Crippen molar-refractivity contribution in [2.45, 2.75) is 38.2 Å². The maximum Gasteiger partial charge on any atom is 0.354 e. The second-order valence-electron chi connectivity index (χ2n) is 7.51. The normalized spacial score (nSPS) is 18.8. The molecule has 7 nitrogen and oxygen atoms in total. The SMILES string of the molecule is N=C(c1c(OCC2CCCO2)cc(C(=O)O)nc1Nc1ccccc1)C1CCC1. The minimum absolute atomic E-state index is 0.00675. The van der Waals surface area contributed by atoms with Crippen molar-refractivity contribution in [1.29, 1.82) is 5.41 Å². The molecule has 1 aromatic carbocycles. The third-order valence-electron chi connectivity index (χ3n) is 5.47. The summed E-state index contributed by atoms with van der Waals surface area (Å²) in [5.41, 5.74) is 1.65. The molecule has 0 radical (unpaired) electrons. The van der Waals surface area contributed by atoms with E-state index in [2.05, 4.69) is 10.3 Å². The highest BCUT2D eigenvalue weighted by atomic mass is 16.5. The Balaban J connectivity index is 1.72. The Morgan fingerprint density at radius 3 is 2.66 bits per heavy atom. The zero-order valence-corrected chi connectivity index (χ0v) is 16.2. The first-order valence-electron chi connectivity index (χ1n) is 10.1. The fraction of sp³-hybridized carbons (Fsp3) is 0.409. The Labute approximate surface area is 169 Å². The molecule has 3 N–H and O–H groups in total. The average molecular weight is 395 g/mol. The summed E-state index contributed by atoms with van der Waals surface area (Å²) >= 11 is 0. The van der Waals surface area contributed by atoms with Crippen LogP contribution in [0.3, 0.4) is 0 Å². The number of rotatable bonds is 8. The van der Waals surface area contributed by atoms with Crippen molar-refractivity contribution >= 4 is 23.2 Å². The van der Waals surface area contributed by atoms with E-state index in [1.807, 2.05) is 30.3 Å². The predicted octanol–water partition coefficient (Wildman–Crippen LogP) is 4.25. The third-order valence-corrected chi connectivity index (χ3v) is 5.47. The first kappa shape index (κ1) is 19.4. The van der Waals surface area contributed by atoms with Gasteiger partial charge in [0.15, 0.2) is 5.69 Å². The first-order chi connectivity index (χ1) is 14.1. The fourth-order valence-electron chi connectivity index (χ4n) is 3.61. The summed E-state index contributed by atoms with van der Waals surface area (Å²) in [6.45, 7) is 1.05. The van der Waals surface area contributed by atoms with Crippen molar-refractivity contribution in [3.05, 3.63) is 47.7 Å². The van der Waals surface area contributed by atoms with E-state index >= 15 is 0 Å². The monoisotopic (exact) mass is 395 g/mol. The van der Waals surface area contributed by atoms with Crippen LogP contribution in [0, 0.1) is 11.3 Å². The number of ether oxygens (including phenoxy) is 2. The van der Waals surface area contributed by atoms with Gasteiger partial charge >= 0.3 is 5.97 Å². The van der Waals surface area contributed by atoms with Crippen LogP contribution in [0.1, 0.15) is 48.2 Å². The Bertz CT molecular complexity index is 890. The minimum atomic E-state index is -1.13. The number of carboxylic acid groups (broad SMARTS) is 1. The number of aromatic carboxylic acids is 1. The number of para-hydroxylation sites is 1. The minimum Gasteiger partial charge on any atom is -0.490 e. The van der Waals surface area contributed by atoms with Crippen molar-refractivity contribution in [2.75, 3.05) is 18.5 Å². The highest BCUT2D eigenvalue weighted by Gasteiger charge is 2.30. The molecular weight excluding hydrogens is 370 g/mol. The predicted molar refractivity (Wildman–Crippen MR) is 110 cm³/mol. The van der Waals surface area contributed by atoms with Crippen LogP contribution in [0.2, 0.25) is 0 Å². The van der Waals surface area contributed by atoms with Gasteiger partial charge in [-0.15, -0.1) is 0 Å². The van der Waals surface area contributed by atoms with E-state index in [4.69, 9.17) is 14.9 Å². The van der Waals surface area contributed by atoms with E-state index in [1.165, 1.54) is 6.07 Å². The summed E-state index contributed by atoms with van der Waals surface area (Å²) in [4.78, 5) is 16.0. The van der Waals surface area contributed by atoms with Crippen LogP contribution in [0.25, 0.3) is 0 Å². The molecule has 1 atom stereocenters. The Morgan fingerprint density at radius 2 is 2.03 bits per heavy atom. The van der Waals surface area contributed by atoms with E-state index in [0.717, 1.165) is 44.4 Å². The van der Waals surface area contributed by atoms with Gasteiger partial charge in [0.1, 0.15) is 18.2 Å². The lowest BCUT2D eigenvalue weighted by atomic mass is 9.79. The van der Waals surface area contributed by atoms with E-state index in [-0.39, 0.29) is 17.7 Å². The number of benzene rings is 1. The largest absolute Gasteiger partial charge is 0.490 e. The van der Waals surface area contributed by atoms with Crippen LogP contribution >= 0.6 is 0 Å². The molecule has 29 heavy (non-hydrogen) atoms. The summed E-state index contributed by atoms with van der Waals surface area (Å²) in [6.07, 6.45) is 4.91. The van der Waals surface area contributed by atoms with Crippen LogP contribution < -0.4 is 10.1 Å². The molecule has 1 aromatic heterocycles. The second-order valence-corrected chi connectivity index (χ2v) is 7.51. The number of nitrogens with one attached hydrogen (secondary N) is 2. The van der Waals surface area contributed by atoms with Crippen LogP contribution in [0.15, 0.2) is 36.4 Å². The van der Waals surface area contributed by atoms with Gasteiger partial charge in [-0.3, -0.25) is 0 Å². The van der Waals surface area contributed by atoms with Crippen LogP contribution in [-0.2, 0) is 4.74 Å². The molecular formula is C22H25N3O4. The number of aromatic nitrogens is 1. The Hall–Kier alpha value is -2.93. The number of anilines is 2. The summed E-state index contributed by atoms with van der Waals surface area (Å²) < 4.78 is 11.7. The number of nitrogens with zero attached hydrogens (tertiary/aromatic N) is 1. The van der Waals surface area contributed by atoms with Gasteiger partial charge in [0.25, 0.3) is 0 Å². The van der Waals surface area contributed by atoms with Gasteiger partial charge in [0.2, 0.25) is 0 Å². The molecule has 7 heteroatoms. The lowest BCUT2D eigenvalue weighted by molar-refractivity contribution is 0.0668. The van der Waals surface area contributed by atoms with Gasteiger partial charge in [-0.2, -0.15) is 0 Å². The number of carboxylic acids is 1. The van der Waals surface area contributed by atoms with Crippen molar-refractivity contribution in [3.8, 4) is 5.75 Å². The molecule has 2 fully saturated rings. The molecule has 152 valence electrons. The van der Waals surface area contributed by atoms with Gasteiger partial charge in [-0.05, 0) is 37.8 Å². The lowest BCUT2D eigenvalue weighted by Gasteiger charge is -2.28. The first-order valence-corrected chi connectivity index (χ1v) is 10.1. The summed E-state index contributed by atoms with van der Waals surface area (Å²) in [5, 5.41) is 21.5. The molecule has 1 aliphatic carbocycles. The van der Waals surface area contributed by atoms with Gasteiger partial charge in [-0.25, -0.2) is 9.78 Å². The van der Waals surface area contributed by atoms with Crippen molar-refractivity contribution in [1.82, 2.24) is 4.98 Å². The third kappa shape index (κ3) is 4.40. The maximum atomic E-state index is 11.7. The van der Waals surface area contributed by atoms with Gasteiger partial charge in [0.05, 0.1) is 11.7 Å². The van der Waals surface area contributed by atoms with Gasteiger partial charge in [0, 0.05) is 30.0 Å². The molecule has 1 aliphatic heterocycles. The van der Waals surface area contributed by atoms with Crippen LogP contribution in [0.5, 0.6) is 5.75 Å². The lowest BCUT2D eigenvalue weighted by Crippen LogP contribution is -2.25. The molecule has 1 saturated heterocycles. The number of hydrogen-bond donors (Lipinski definition) is 3. The molecule has 2 heterocycles. The van der Waals surface area contributed by atoms with Gasteiger partial charge < -0.3 is 25.3 Å². The molecule has 1 unspecified atom stereocenters. The van der Waals surface area contributed by atoms with Crippen LogP contribution in [-0.4, -0.2) is 41.1 Å². The zero-order valence-electron chi connectivity index (χ0n) is 16.2. The fourth-order valence-corrected chi connectivity index (χ4v) is 3.61. The smallest absolute Gasteiger partial charge is 0.354 e. The Morgan fingerprint density at radius 1 is 1.24 bits per heavy atom. The number of hydrogen-bond acceptors (Lipinski definition) is 6. The maximum absolute atomic E-state index is 11.7. The summed E-state index contributed by atoms with van der Waals surface area (Å²) in [5.74, 6) is -0.266. The highest BCUT2D eigenvalue weighted by Crippen LogP contribution is 2.37. The van der Waals surface area contributed by atoms with Gasteiger partial charge in [-0.1, -0.05) is 24.6 Å². The van der Waals surface area contributed by atoms with E-state index in [9.17, 15) is 9.90 Å². The van der Waals surface area contributed by atoms with E-state index in [1.54, 1.807) is 0 Å². The quantitative estimate of drug-likeness (QED) is 0.577. The molecule has 2 aliphatic rings. The van der Waals surface area contributed by atoms with Crippen molar-refractivity contribution < 1.29 is 19.4 Å².